The Morgan fingerprint density at radius 3 is 2.40 bits per heavy atom. The minimum Gasteiger partial charge on any atom is -0.366 e. The predicted octanol–water partition coefficient (Wildman–Crippen LogP) is 0.652. The highest BCUT2D eigenvalue weighted by Crippen LogP contribution is 2.28. The smallest absolute Gasteiger partial charge is 0.262 e. The molecule has 5 nitrogen and oxygen atoms in total. The van der Waals surface area contributed by atoms with Crippen LogP contribution in [0, 0.1) is 18.3 Å². The standard InChI is InChI=1S/C14H16N2O3S/c1-2-7-19-10-5-3-9(4-6-10)8-11-12(17)15-14(20)16-13(11)18/h1,8-10H,3-7H2,(H2,15,16,17,18,20). The number of thiocarbonyl (C=S) groups is 1. The lowest BCUT2D eigenvalue weighted by atomic mass is 9.86. The van der Waals surface area contributed by atoms with Crippen LogP contribution in [0.5, 0.6) is 0 Å². The fourth-order valence-electron chi connectivity index (χ4n) is 2.45. The van der Waals surface area contributed by atoms with Crippen molar-refractivity contribution in [3.05, 3.63) is 11.6 Å². The van der Waals surface area contributed by atoms with Crippen molar-refractivity contribution >= 4 is 29.1 Å². The Hall–Kier alpha value is -1.71. The van der Waals surface area contributed by atoms with Crippen molar-refractivity contribution in [1.82, 2.24) is 10.6 Å². The zero-order valence-corrected chi connectivity index (χ0v) is 11.8. The van der Waals surface area contributed by atoms with Gasteiger partial charge in [0.25, 0.3) is 11.8 Å². The van der Waals surface area contributed by atoms with Gasteiger partial charge < -0.3 is 4.74 Å². The first-order chi connectivity index (χ1) is 9.60. The van der Waals surface area contributed by atoms with Crippen LogP contribution in [0.1, 0.15) is 25.7 Å². The lowest BCUT2D eigenvalue weighted by Crippen LogP contribution is -2.51. The molecule has 2 aliphatic rings. The largest absolute Gasteiger partial charge is 0.366 e. The van der Waals surface area contributed by atoms with Crippen LogP contribution >= 0.6 is 12.2 Å². The maximum Gasteiger partial charge on any atom is 0.262 e. The third kappa shape index (κ3) is 3.65. The molecule has 20 heavy (non-hydrogen) atoms. The summed E-state index contributed by atoms with van der Waals surface area (Å²) in [4.78, 5) is 23.4. The first kappa shape index (κ1) is 14.7. The summed E-state index contributed by atoms with van der Waals surface area (Å²) in [5.74, 6) is 1.81. The molecule has 0 aromatic heterocycles. The molecule has 1 aliphatic carbocycles. The minimum absolute atomic E-state index is 0.0588. The summed E-state index contributed by atoms with van der Waals surface area (Å²) in [7, 11) is 0. The van der Waals surface area contributed by atoms with Gasteiger partial charge in [0, 0.05) is 0 Å². The maximum absolute atomic E-state index is 11.7. The van der Waals surface area contributed by atoms with Crippen molar-refractivity contribution in [2.45, 2.75) is 31.8 Å². The molecule has 0 aromatic rings. The maximum atomic E-state index is 11.7. The van der Waals surface area contributed by atoms with Crippen molar-refractivity contribution in [3.8, 4) is 12.3 Å². The molecule has 2 N–H and O–H groups in total. The first-order valence-electron chi connectivity index (χ1n) is 6.53. The molecular weight excluding hydrogens is 276 g/mol. The first-order valence-corrected chi connectivity index (χ1v) is 6.94. The third-order valence-electron chi connectivity index (χ3n) is 3.47. The topological polar surface area (TPSA) is 67.4 Å². The SMILES string of the molecule is C#CCOC1CCC(C=C2C(=O)NC(=S)NC2=O)CC1. The van der Waals surface area contributed by atoms with E-state index >= 15 is 0 Å². The highest BCUT2D eigenvalue weighted by molar-refractivity contribution is 7.80. The predicted molar refractivity (Wildman–Crippen MR) is 77.5 cm³/mol. The van der Waals surface area contributed by atoms with Gasteiger partial charge in [-0.3, -0.25) is 20.2 Å². The Labute approximate surface area is 123 Å². The average molecular weight is 292 g/mol. The quantitative estimate of drug-likeness (QED) is 0.347. The summed E-state index contributed by atoms with van der Waals surface area (Å²) >= 11 is 4.75. The molecule has 2 amide bonds. The van der Waals surface area contributed by atoms with Crippen molar-refractivity contribution in [2.75, 3.05) is 6.61 Å². The summed E-state index contributed by atoms with van der Waals surface area (Å²) < 4.78 is 5.49. The van der Waals surface area contributed by atoms with Gasteiger partial charge in [-0.25, -0.2) is 0 Å². The van der Waals surface area contributed by atoms with E-state index in [2.05, 4.69) is 16.6 Å². The Bertz CT molecular complexity index is 477. The lowest BCUT2D eigenvalue weighted by molar-refractivity contribution is -0.123. The molecule has 0 aromatic carbocycles. The number of ether oxygens (including phenoxy) is 1. The van der Waals surface area contributed by atoms with Crippen molar-refractivity contribution in [3.63, 3.8) is 0 Å². The molecular formula is C14H16N2O3S. The van der Waals surface area contributed by atoms with E-state index in [0.29, 0.717) is 6.61 Å². The van der Waals surface area contributed by atoms with Gasteiger partial charge in [-0.2, -0.15) is 0 Å². The van der Waals surface area contributed by atoms with Gasteiger partial charge in [-0.1, -0.05) is 12.0 Å². The van der Waals surface area contributed by atoms with E-state index in [1.54, 1.807) is 6.08 Å². The molecule has 6 heteroatoms. The molecule has 2 fully saturated rings. The fourth-order valence-corrected chi connectivity index (χ4v) is 2.64. The molecule has 1 aliphatic heterocycles. The number of terminal acetylenes is 1. The molecule has 0 unspecified atom stereocenters. The van der Waals surface area contributed by atoms with Crippen LogP contribution < -0.4 is 10.6 Å². The van der Waals surface area contributed by atoms with E-state index in [9.17, 15) is 9.59 Å². The van der Waals surface area contributed by atoms with Gasteiger partial charge >= 0.3 is 0 Å². The van der Waals surface area contributed by atoms with Crippen LogP contribution in [0.3, 0.4) is 0 Å². The molecule has 0 atom stereocenters. The Morgan fingerprint density at radius 2 is 1.85 bits per heavy atom. The zero-order valence-electron chi connectivity index (χ0n) is 11.0. The number of hydrogen-bond donors (Lipinski definition) is 2. The Kier molecular flexibility index (Phi) is 4.88. The normalized spacial score (nSPS) is 26.6. The lowest BCUT2D eigenvalue weighted by Gasteiger charge is -2.27. The van der Waals surface area contributed by atoms with E-state index in [0.717, 1.165) is 25.7 Å². The van der Waals surface area contributed by atoms with E-state index in [1.165, 1.54) is 0 Å². The van der Waals surface area contributed by atoms with Crippen LogP contribution in [0.2, 0.25) is 0 Å². The molecule has 106 valence electrons. The summed E-state index contributed by atoms with van der Waals surface area (Å²) in [6, 6.07) is 0. The summed E-state index contributed by atoms with van der Waals surface area (Å²) in [5, 5.41) is 4.92. The minimum atomic E-state index is -0.426. The summed E-state index contributed by atoms with van der Waals surface area (Å²) in [6.45, 7) is 0.332. The Morgan fingerprint density at radius 1 is 1.25 bits per heavy atom. The van der Waals surface area contributed by atoms with Crippen LogP contribution in [0.4, 0.5) is 0 Å². The highest BCUT2D eigenvalue weighted by atomic mass is 32.1. The van der Waals surface area contributed by atoms with E-state index in [4.69, 9.17) is 23.4 Å². The third-order valence-corrected chi connectivity index (χ3v) is 3.67. The molecule has 0 radical (unpaired) electrons. The average Bonchev–Trinajstić information content (AvgIpc) is 2.42. The van der Waals surface area contributed by atoms with Gasteiger partial charge in [0.2, 0.25) is 0 Å². The van der Waals surface area contributed by atoms with Crippen LogP contribution in [0.25, 0.3) is 0 Å². The van der Waals surface area contributed by atoms with Crippen LogP contribution in [-0.4, -0.2) is 29.6 Å². The number of carbonyl (C=O) groups excluding carboxylic acids is 2. The molecule has 0 spiro atoms. The molecule has 1 heterocycles. The number of carbonyl (C=O) groups is 2. The summed E-state index contributed by atoms with van der Waals surface area (Å²) in [5.41, 5.74) is 0.145. The zero-order chi connectivity index (χ0) is 14.5. The second-order valence-corrected chi connectivity index (χ2v) is 5.28. The molecule has 1 saturated carbocycles. The number of rotatable bonds is 3. The van der Waals surface area contributed by atoms with Crippen molar-refractivity contribution < 1.29 is 14.3 Å². The van der Waals surface area contributed by atoms with E-state index in [-0.39, 0.29) is 22.7 Å². The number of allylic oxidation sites excluding steroid dienone is 1. The number of nitrogens with one attached hydrogen (secondary N) is 2. The monoisotopic (exact) mass is 292 g/mol. The molecule has 0 bridgehead atoms. The fraction of sp³-hybridized carbons (Fsp3) is 0.500. The summed E-state index contributed by atoms with van der Waals surface area (Å²) in [6.07, 6.45) is 10.6. The molecule has 2 rings (SSSR count). The van der Waals surface area contributed by atoms with Gasteiger partial charge in [0.1, 0.15) is 12.2 Å². The van der Waals surface area contributed by atoms with Crippen molar-refractivity contribution in [2.24, 2.45) is 5.92 Å². The van der Waals surface area contributed by atoms with Crippen LogP contribution in [0.15, 0.2) is 11.6 Å². The van der Waals surface area contributed by atoms with Gasteiger partial charge in [-0.15, -0.1) is 6.42 Å². The van der Waals surface area contributed by atoms with Gasteiger partial charge in [0.05, 0.1) is 6.10 Å². The van der Waals surface area contributed by atoms with Crippen LogP contribution in [-0.2, 0) is 14.3 Å². The second-order valence-electron chi connectivity index (χ2n) is 4.87. The number of amides is 2. The Balaban J connectivity index is 1.92. The molecule has 1 saturated heterocycles. The van der Waals surface area contributed by atoms with Crippen molar-refractivity contribution in [1.29, 1.82) is 0 Å². The van der Waals surface area contributed by atoms with Gasteiger partial charge in [0.15, 0.2) is 5.11 Å². The second kappa shape index (κ2) is 6.64. The van der Waals surface area contributed by atoms with Gasteiger partial charge in [-0.05, 0) is 43.8 Å². The highest BCUT2D eigenvalue weighted by Gasteiger charge is 2.28. The van der Waals surface area contributed by atoms with E-state index < -0.39 is 11.8 Å². The van der Waals surface area contributed by atoms with E-state index in [1.807, 2.05) is 0 Å². The number of hydrogen-bond acceptors (Lipinski definition) is 4.